The second-order valence-electron chi connectivity index (χ2n) is 8.98. The maximum absolute atomic E-state index is 12.1. The van der Waals surface area contributed by atoms with Crippen LogP contribution in [0.3, 0.4) is 0 Å². The number of β-amino-alcohol motifs (C(OH)–C–C–N with tert-alkyl or cyclic N) is 2. The van der Waals surface area contributed by atoms with Crippen LogP contribution in [0, 0.1) is 0 Å². The van der Waals surface area contributed by atoms with E-state index >= 15 is 0 Å². The van der Waals surface area contributed by atoms with Crippen LogP contribution in [0.1, 0.15) is 12.8 Å². The third-order valence-electron chi connectivity index (χ3n) is 5.73. The van der Waals surface area contributed by atoms with Crippen LogP contribution in [0.5, 0.6) is 0 Å². The first-order valence-electron chi connectivity index (χ1n) is 11.8. The van der Waals surface area contributed by atoms with Gasteiger partial charge in [0.25, 0.3) is 0 Å². The van der Waals surface area contributed by atoms with E-state index in [1.54, 1.807) is 33.7 Å². The molecule has 1 heterocycles. The summed E-state index contributed by atoms with van der Waals surface area (Å²) in [7, 11) is 3.28. The van der Waals surface area contributed by atoms with Crippen LogP contribution in [-0.2, 0) is 19.2 Å². The Morgan fingerprint density at radius 3 is 1.64 bits per heavy atom. The Morgan fingerprint density at radius 2 is 1.22 bits per heavy atom. The first-order chi connectivity index (χ1) is 16.9. The Bertz CT molecular complexity index is 724. The van der Waals surface area contributed by atoms with Crippen molar-refractivity contribution < 1.29 is 44.7 Å². The van der Waals surface area contributed by atoms with Crippen LogP contribution >= 0.6 is 0 Å². The molecule has 0 bridgehead atoms. The van der Waals surface area contributed by atoms with Gasteiger partial charge in [0.2, 0.25) is 5.91 Å². The lowest BCUT2D eigenvalue weighted by Gasteiger charge is -2.35. The van der Waals surface area contributed by atoms with Gasteiger partial charge in [-0.15, -0.1) is 0 Å². The van der Waals surface area contributed by atoms with Crippen LogP contribution < -0.4 is 5.43 Å². The van der Waals surface area contributed by atoms with Crippen LogP contribution in [0.15, 0.2) is 0 Å². The number of carbonyl (C=O) groups excluding carboxylic acids is 1. The number of carboxylic acid groups (broad SMARTS) is 3. The van der Waals surface area contributed by atoms with Crippen molar-refractivity contribution in [1.29, 1.82) is 0 Å². The summed E-state index contributed by atoms with van der Waals surface area (Å²) in [6.45, 7) is 1.30. The molecule has 0 aromatic rings. The van der Waals surface area contributed by atoms with Crippen LogP contribution in [0.25, 0.3) is 0 Å². The highest BCUT2D eigenvalue weighted by Gasteiger charge is 2.28. The summed E-state index contributed by atoms with van der Waals surface area (Å²) in [6, 6.07) is -1.02. The summed E-state index contributed by atoms with van der Waals surface area (Å²) in [4.78, 5) is 53.5. The fourth-order valence-corrected chi connectivity index (χ4v) is 4.01. The minimum atomic E-state index is -1.63. The number of aliphatic hydroxyl groups is 2. The first-order valence-corrected chi connectivity index (χ1v) is 11.8. The van der Waals surface area contributed by atoms with Crippen molar-refractivity contribution in [3.8, 4) is 0 Å². The normalized spacial score (nSPS) is 18.9. The van der Waals surface area contributed by atoms with Gasteiger partial charge in [-0.25, -0.2) is 5.01 Å². The van der Waals surface area contributed by atoms with Gasteiger partial charge in [0.1, 0.15) is 6.04 Å². The molecule has 36 heavy (non-hydrogen) atoms. The molecule has 1 amide bonds. The van der Waals surface area contributed by atoms with Crippen molar-refractivity contribution in [2.24, 2.45) is 0 Å². The smallest absolute Gasteiger partial charge is 0.320 e. The molecule has 15 heteroatoms. The van der Waals surface area contributed by atoms with E-state index in [-0.39, 0.29) is 84.2 Å². The lowest BCUT2D eigenvalue weighted by atomic mass is 10.1. The number of hydrazine groups is 1. The summed E-state index contributed by atoms with van der Waals surface area (Å²) in [5, 5.41) is 48.9. The molecule has 1 aliphatic rings. The molecule has 1 fully saturated rings. The predicted molar refractivity (Wildman–Crippen MR) is 127 cm³/mol. The lowest BCUT2D eigenvalue weighted by Crippen LogP contribution is -2.52. The second-order valence-corrected chi connectivity index (χ2v) is 8.98. The van der Waals surface area contributed by atoms with Gasteiger partial charge in [-0.3, -0.25) is 44.2 Å². The summed E-state index contributed by atoms with van der Waals surface area (Å²) >= 11 is 0. The third kappa shape index (κ3) is 13.6. The molecule has 0 unspecified atom stereocenters. The van der Waals surface area contributed by atoms with Crippen molar-refractivity contribution >= 4 is 23.8 Å². The van der Waals surface area contributed by atoms with Crippen molar-refractivity contribution in [3.63, 3.8) is 0 Å². The largest absolute Gasteiger partial charge is 0.480 e. The maximum atomic E-state index is 12.1. The zero-order chi connectivity index (χ0) is 27.3. The number of carboxylic acids is 3. The summed E-state index contributed by atoms with van der Waals surface area (Å²) in [5.74, 6) is -3.55. The number of nitrogens with zero attached hydrogens (tertiary/aromatic N) is 5. The van der Waals surface area contributed by atoms with E-state index in [0.717, 1.165) is 0 Å². The molecule has 0 aromatic heterocycles. The van der Waals surface area contributed by atoms with E-state index in [9.17, 15) is 44.7 Å². The zero-order valence-corrected chi connectivity index (χ0v) is 21.0. The van der Waals surface area contributed by atoms with E-state index in [0.29, 0.717) is 6.54 Å². The highest BCUT2D eigenvalue weighted by Crippen LogP contribution is 2.11. The molecule has 15 nitrogen and oxygen atoms in total. The molecular weight excluding hydrogens is 480 g/mol. The van der Waals surface area contributed by atoms with Gasteiger partial charge in [-0.05, 0) is 6.42 Å². The van der Waals surface area contributed by atoms with Crippen molar-refractivity contribution in [2.45, 2.75) is 25.2 Å². The van der Waals surface area contributed by atoms with Gasteiger partial charge in [0, 0.05) is 79.4 Å². The zero-order valence-electron chi connectivity index (χ0n) is 21.0. The van der Waals surface area contributed by atoms with Crippen molar-refractivity contribution in [2.75, 3.05) is 86.1 Å². The fourth-order valence-electron chi connectivity index (χ4n) is 4.01. The summed E-state index contributed by atoms with van der Waals surface area (Å²) in [5.41, 5.74) is 2.57. The average molecular weight is 521 g/mol. The number of amides is 1. The van der Waals surface area contributed by atoms with E-state index in [1.165, 1.54) is 5.01 Å². The minimum Gasteiger partial charge on any atom is -0.480 e. The molecule has 1 aliphatic heterocycles. The molecule has 0 saturated carbocycles. The second kappa shape index (κ2) is 16.4. The Hall–Kier alpha value is -2.40. The SMILES string of the molecule is CN(C)NC(=O)CC[C@H](C(=O)O)N1CCN(CC(=O)O)CCN(CC(=O)O)CCN(CC(O)O)CC1. The number of nitrogens with one attached hydrogen (secondary N) is 1. The molecule has 208 valence electrons. The van der Waals surface area contributed by atoms with Gasteiger partial charge in [0.05, 0.1) is 13.1 Å². The summed E-state index contributed by atoms with van der Waals surface area (Å²) < 4.78 is 0. The number of hydrogen-bond donors (Lipinski definition) is 6. The number of carbonyl (C=O) groups is 4. The monoisotopic (exact) mass is 520 g/mol. The molecule has 0 radical (unpaired) electrons. The van der Waals surface area contributed by atoms with Crippen molar-refractivity contribution in [1.82, 2.24) is 30.0 Å². The average Bonchev–Trinajstić information content (AvgIpc) is 2.73. The van der Waals surface area contributed by atoms with Gasteiger partial charge >= 0.3 is 17.9 Å². The predicted octanol–water partition coefficient (Wildman–Crippen LogP) is -3.49. The Balaban J connectivity index is 3.09. The number of hydrogen-bond acceptors (Lipinski definition) is 11. The Kier molecular flexibility index (Phi) is 14.4. The molecule has 1 rings (SSSR count). The van der Waals surface area contributed by atoms with Gasteiger partial charge in [0.15, 0.2) is 6.29 Å². The molecule has 0 spiro atoms. The van der Waals surface area contributed by atoms with Gasteiger partial charge in [-0.1, -0.05) is 0 Å². The molecule has 6 N–H and O–H groups in total. The molecule has 1 saturated heterocycles. The summed E-state index contributed by atoms with van der Waals surface area (Å²) in [6.07, 6.45) is -1.63. The number of rotatable bonds is 12. The van der Waals surface area contributed by atoms with Gasteiger partial charge < -0.3 is 25.5 Å². The van der Waals surface area contributed by atoms with Crippen LogP contribution in [-0.4, -0.2) is 172 Å². The quantitative estimate of drug-likeness (QED) is 0.109. The highest BCUT2D eigenvalue weighted by atomic mass is 16.5. The molecular formula is C21H40N6O9. The number of aliphatic hydroxyl groups excluding tert-OH is 1. The van der Waals surface area contributed by atoms with Crippen LogP contribution in [0.2, 0.25) is 0 Å². The van der Waals surface area contributed by atoms with E-state index in [1.807, 2.05) is 0 Å². The Morgan fingerprint density at radius 1 is 0.778 bits per heavy atom. The topological polar surface area (TPSA) is 198 Å². The van der Waals surface area contributed by atoms with E-state index in [4.69, 9.17) is 0 Å². The van der Waals surface area contributed by atoms with Crippen molar-refractivity contribution in [3.05, 3.63) is 0 Å². The fraction of sp³-hybridized carbons (Fsp3) is 0.810. The van der Waals surface area contributed by atoms with Gasteiger partial charge in [-0.2, -0.15) is 0 Å². The first kappa shape index (κ1) is 31.6. The highest BCUT2D eigenvalue weighted by molar-refractivity contribution is 5.78. The standard InChI is InChI=1S/C21H40N6O9/c1-23(2)22-17(28)4-3-16(21(35)36)27-11-9-25(14-19(31)32)7-5-24(13-18(29)30)6-8-26(10-12-27)15-20(33)34/h16,19,31-32H,3-15H2,1-2H3,(H,22,28)(H,29,30)(H,33,34)(H,35,36)/t16-/m1/s1. The minimum absolute atomic E-state index is 0.0307. The van der Waals surface area contributed by atoms with Crippen LogP contribution in [0.4, 0.5) is 0 Å². The molecule has 0 aliphatic carbocycles. The lowest BCUT2D eigenvalue weighted by molar-refractivity contribution is -0.145. The number of aliphatic carboxylic acids is 3. The molecule has 1 atom stereocenters. The Labute approximate surface area is 210 Å². The van der Waals surface area contributed by atoms with E-state index < -0.39 is 30.2 Å². The maximum Gasteiger partial charge on any atom is 0.320 e. The molecule has 0 aromatic carbocycles. The van der Waals surface area contributed by atoms with E-state index in [2.05, 4.69) is 5.43 Å². The third-order valence-corrected chi connectivity index (χ3v) is 5.73.